The average molecular weight is 196 g/mol. The lowest BCUT2D eigenvalue weighted by molar-refractivity contribution is 0.424. The van der Waals surface area contributed by atoms with Crippen LogP contribution < -0.4 is 0 Å². The SMILES string of the molecule is CCC(CC1CC1)n1cc[nH]c1=S. The minimum absolute atomic E-state index is 0.617. The van der Waals surface area contributed by atoms with E-state index in [1.54, 1.807) is 0 Å². The van der Waals surface area contributed by atoms with Gasteiger partial charge in [-0.15, -0.1) is 0 Å². The number of hydrogen-bond acceptors (Lipinski definition) is 1. The first-order valence-corrected chi connectivity index (χ1v) is 5.47. The lowest BCUT2D eigenvalue weighted by Crippen LogP contribution is -2.07. The summed E-state index contributed by atoms with van der Waals surface area (Å²) in [6, 6.07) is 0.617. The van der Waals surface area contributed by atoms with E-state index in [-0.39, 0.29) is 0 Å². The molecular formula is C10H16N2S. The van der Waals surface area contributed by atoms with Crippen molar-refractivity contribution in [2.45, 2.75) is 38.6 Å². The van der Waals surface area contributed by atoms with Crippen molar-refractivity contribution in [3.63, 3.8) is 0 Å². The topological polar surface area (TPSA) is 20.7 Å². The molecule has 3 heteroatoms. The van der Waals surface area contributed by atoms with Gasteiger partial charge in [0.25, 0.3) is 0 Å². The summed E-state index contributed by atoms with van der Waals surface area (Å²) in [5, 5.41) is 0. The van der Waals surface area contributed by atoms with E-state index in [2.05, 4.69) is 22.7 Å². The maximum absolute atomic E-state index is 5.21. The van der Waals surface area contributed by atoms with Gasteiger partial charge in [0, 0.05) is 18.4 Å². The smallest absolute Gasteiger partial charge is 0.177 e. The minimum Gasteiger partial charge on any atom is -0.337 e. The molecular weight excluding hydrogens is 180 g/mol. The largest absolute Gasteiger partial charge is 0.337 e. The fourth-order valence-corrected chi connectivity index (χ4v) is 2.11. The number of nitrogens with one attached hydrogen (secondary N) is 1. The summed E-state index contributed by atoms with van der Waals surface area (Å²) in [6.07, 6.45) is 9.34. The first kappa shape index (κ1) is 9.00. The highest BCUT2D eigenvalue weighted by Gasteiger charge is 2.25. The maximum Gasteiger partial charge on any atom is 0.177 e. The Morgan fingerprint density at radius 1 is 1.69 bits per heavy atom. The molecule has 0 saturated heterocycles. The molecule has 0 radical (unpaired) electrons. The van der Waals surface area contributed by atoms with Crippen LogP contribution in [0.1, 0.15) is 38.6 Å². The molecule has 2 nitrogen and oxygen atoms in total. The van der Waals surface area contributed by atoms with Crippen LogP contribution >= 0.6 is 12.2 Å². The molecule has 2 rings (SSSR count). The van der Waals surface area contributed by atoms with Gasteiger partial charge < -0.3 is 9.55 Å². The minimum atomic E-state index is 0.617. The fraction of sp³-hybridized carbons (Fsp3) is 0.700. The average Bonchev–Trinajstić information content (AvgIpc) is 2.85. The van der Waals surface area contributed by atoms with Crippen molar-refractivity contribution in [1.82, 2.24) is 9.55 Å². The summed E-state index contributed by atoms with van der Waals surface area (Å²) in [5.41, 5.74) is 0. The molecule has 1 aromatic rings. The Bertz CT molecular complexity index is 322. The zero-order valence-electron chi connectivity index (χ0n) is 7.99. The number of nitrogens with zero attached hydrogens (tertiary/aromatic N) is 1. The molecule has 1 saturated carbocycles. The number of rotatable bonds is 4. The van der Waals surface area contributed by atoms with Crippen LogP contribution in [0, 0.1) is 10.7 Å². The standard InChI is InChI=1S/C10H16N2S/c1-2-9(7-8-3-4-8)12-6-5-11-10(12)13/h5-6,8-9H,2-4,7H2,1H3,(H,11,13). The normalized spacial score (nSPS) is 18.8. The number of hydrogen-bond donors (Lipinski definition) is 1. The lowest BCUT2D eigenvalue weighted by atomic mass is 10.1. The summed E-state index contributed by atoms with van der Waals surface area (Å²) in [6.45, 7) is 2.24. The Labute approximate surface area is 84.0 Å². The van der Waals surface area contributed by atoms with Gasteiger partial charge in [-0.05, 0) is 31.0 Å². The van der Waals surface area contributed by atoms with E-state index in [1.807, 2.05) is 6.20 Å². The van der Waals surface area contributed by atoms with Gasteiger partial charge in [0.2, 0.25) is 0 Å². The van der Waals surface area contributed by atoms with E-state index in [1.165, 1.54) is 25.7 Å². The van der Waals surface area contributed by atoms with E-state index < -0.39 is 0 Å². The molecule has 0 spiro atoms. The van der Waals surface area contributed by atoms with Crippen molar-refractivity contribution < 1.29 is 0 Å². The third-order valence-corrected chi connectivity index (χ3v) is 3.17. The predicted molar refractivity (Wildman–Crippen MR) is 56.3 cm³/mol. The van der Waals surface area contributed by atoms with Crippen molar-refractivity contribution in [3.8, 4) is 0 Å². The van der Waals surface area contributed by atoms with Gasteiger partial charge in [-0.3, -0.25) is 0 Å². The fourth-order valence-electron chi connectivity index (χ4n) is 1.83. The maximum atomic E-state index is 5.21. The highest BCUT2D eigenvalue weighted by Crippen LogP contribution is 2.37. The van der Waals surface area contributed by atoms with Crippen molar-refractivity contribution in [3.05, 3.63) is 17.2 Å². The summed E-state index contributed by atoms with van der Waals surface area (Å²) in [4.78, 5) is 3.05. The second-order valence-corrected chi connectivity index (χ2v) is 4.30. The molecule has 0 aliphatic heterocycles. The van der Waals surface area contributed by atoms with Gasteiger partial charge in [0.05, 0.1) is 0 Å². The van der Waals surface area contributed by atoms with E-state index in [0.29, 0.717) is 6.04 Å². The first-order valence-electron chi connectivity index (χ1n) is 5.06. The Balaban J connectivity index is 2.10. The number of aromatic amines is 1. The first-order chi connectivity index (χ1) is 6.31. The Kier molecular flexibility index (Phi) is 2.54. The molecule has 0 amide bonds. The molecule has 13 heavy (non-hydrogen) atoms. The van der Waals surface area contributed by atoms with Gasteiger partial charge >= 0.3 is 0 Å². The lowest BCUT2D eigenvalue weighted by Gasteiger charge is -2.15. The molecule has 1 fully saturated rings. The second kappa shape index (κ2) is 3.66. The van der Waals surface area contributed by atoms with Crippen LogP contribution in [0.2, 0.25) is 0 Å². The molecule has 72 valence electrons. The Morgan fingerprint density at radius 3 is 2.92 bits per heavy atom. The molecule has 1 aromatic heterocycles. The molecule has 0 aromatic carbocycles. The van der Waals surface area contributed by atoms with Crippen LogP contribution in [0.5, 0.6) is 0 Å². The molecule has 0 bridgehead atoms. The summed E-state index contributed by atoms with van der Waals surface area (Å²) >= 11 is 5.21. The molecule has 1 aliphatic rings. The van der Waals surface area contributed by atoms with Crippen LogP contribution in [-0.2, 0) is 0 Å². The number of imidazole rings is 1. The van der Waals surface area contributed by atoms with Gasteiger partial charge in [0.15, 0.2) is 4.77 Å². The molecule has 1 unspecified atom stereocenters. The van der Waals surface area contributed by atoms with E-state index >= 15 is 0 Å². The number of H-pyrrole nitrogens is 1. The van der Waals surface area contributed by atoms with Crippen LogP contribution in [0.3, 0.4) is 0 Å². The molecule has 1 atom stereocenters. The quantitative estimate of drug-likeness (QED) is 0.733. The number of aromatic nitrogens is 2. The highest BCUT2D eigenvalue weighted by atomic mass is 32.1. The monoisotopic (exact) mass is 196 g/mol. The van der Waals surface area contributed by atoms with E-state index in [0.717, 1.165) is 10.7 Å². The van der Waals surface area contributed by atoms with Gasteiger partial charge in [-0.1, -0.05) is 19.8 Å². The van der Waals surface area contributed by atoms with Gasteiger partial charge in [0.1, 0.15) is 0 Å². The third-order valence-electron chi connectivity index (χ3n) is 2.84. The molecule has 1 heterocycles. The van der Waals surface area contributed by atoms with Crippen LogP contribution in [0.15, 0.2) is 12.4 Å². The van der Waals surface area contributed by atoms with Crippen LogP contribution in [0.4, 0.5) is 0 Å². The highest BCUT2D eigenvalue weighted by molar-refractivity contribution is 7.71. The molecule has 1 aliphatic carbocycles. The van der Waals surface area contributed by atoms with E-state index in [4.69, 9.17) is 12.2 Å². The van der Waals surface area contributed by atoms with E-state index in [9.17, 15) is 0 Å². The third kappa shape index (κ3) is 2.02. The van der Waals surface area contributed by atoms with Gasteiger partial charge in [-0.2, -0.15) is 0 Å². The van der Waals surface area contributed by atoms with Crippen LogP contribution in [-0.4, -0.2) is 9.55 Å². The summed E-state index contributed by atoms with van der Waals surface area (Å²) in [7, 11) is 0. The predicted octanol–water partition coefficient (Wildman–Crippen LogP) is 3.30. The second-order valence-electron chi connectivity index (χ2n) is 3.91. The van der Waals surface area contributed by atoms with Crippen LogP contribution in [0.25, 0.3) is 0 Å². The van der Waals surface area contributed by atoms with Crippen molar-refractivity contribution in [1.29, 1.82) is 0 Å². The van der Waals surface area contributed by atoms with Crippen molar-refractivity contribution in [2.75, 3.05) is 0 Å². The Morgan fingerprint density at radius 2 is 2.46 bits per heavy atom. The zero-order chi connectivity index (χ0) is 9.26. The molecule has 1 N–H and O–H groups in total. The van der Waals surface area contributed by atoms with Crippen molar-refractivity contribution >= 4 is 12.2 Å². The summed E-state index contributed by atoms with van der Waals surface area (Å²) in [5.74, 6) is 0.974. The van der Waals surface area contributed by atoms with Crippen molar-refractivity contribution in [2.24, 2.45) is 5.92 Å². The Hall–Kier alpha value is -0.570. The summed E-state index contributed by atoms with van der Waals surface area (Å²) < 4.78 is 3.07. The van der Waals surface area contributed by atoms with Gasteiger partial charge in [-0.25, -0.2) is 0 Å². The zero-order valence-corrected chi connectivity index (χ0v) is 8.81.